The molecule has 134 valence electrons. The minimum Gasteiger partial charge on any atom is -0.457 e. The normalized spacial score (nSPS) is 10.7. The Morgan fingerprint density at radius 3 is 2.96 bits per heavy atom. The Morgan fingerprint density at radius 2 is 2.19 bits per heavy atom. The summed E-state index contributed by atoms with van der Waals surface area (Å²) < 4.78 is 11.3. The highest BCUT2D eigenvalue weighted by Gasteiger charge is 2.18. The van der Waals surface area contributed by atoms with Crippen molar-refractivity contribution in [2.24, 2.45) is 0 Å². The Bertz CT molecular complexity index is 1050. The van der Waals surface area contributed by atoms with Crippen molar-refractivity contribution in [3.05, 3.63) is 58.0 Å². The van der Waals surface area contributed by atoms with Gasteiger partial charge in [-0.3, -0.25) is 9.36 Å². The van der Waals surface area contributed by atoms with Crippen LogP contribution < -0.4 is 11.1 Å². The van der Waals surface area contributed by atoms with Gasteiger partial charge >= 0.3 is 11.7 Å². The molecule has 9 heteroatoms. The Hall–Kier alpha value is -3.20. The van der Waals surface area contributed by atoms with E-state index in [1.54, 1.807) is 31.2 Å². The maximum Gasteiger partial charge on any atom is 0.420 e. The Balaban J connectivity index is 1.74. The van der Waals surface area contributed by atoms with Gasteiger partial charge in [0.25, 0.3) is 0 Å². The molecule has 2 aromatic heterocycles. The van der Waals surface area contributed by atoms with Gasteiger partial charge in [-0.1, -0.05) is 36.1 Å². The van der Waals surface area contributed by atoms with Crippen LogP contribution in [0.1, 0.15) is 15.4 Å². The van der Waals surface area contributed by atoms with Gasteiger partial charge in [0.05, 0.1) is 11.2 Å². The molecule has 0 saturated heterocycles. The van der Waals surface area contributed by atoms with Gasteiger partial charge in [-0.25, -0.2) is 14.6 Å². The molecule has 0 spiro atoms. The fourth-order valence-electron chi connectivity index (χ4n) is 2.31. The number of esters is 1. The molecule has 0 atom stereocenters. The van der Waals surface area contributed by atoms with Crippen molar-refractivity contribution in [1.29, 1.82) is 0 Å². The van der Waals surface area contributed by atoms with E-state index in [0.29, 0.717) is 21.7 Å². The number of thiazole rings is 1. The smallest absolute Gasteiger partial charge is 0.420 e. The van der Waals surface area contributed by atoms with Gasteiger partial charge < -0.3 is 14.5 Å². The van der Waals surface area contributed by atoms with Crippen LogP contribution in [0.4, 0.5) is 5.13 Å². The lowest BCUT2D eigenvalue weighted by atomic mass is 10.3. The minimum atomic E-state index is -0.620. The SMILES string of the molecule is C=CCOC(=O)c1sc(NC(=O)Cn2c(=O)oc3ccccc32)nc1C. The van der Waals surface area contributed by atoms with E-state index >= 15 is 0 Å². The second kappa shape index (κ2) is 7.36. The molecule has 1 amide bonds. The largest absolute Gasteiger partial charge is 0.457 e. The lowest BCUT2D eigenvalue weighted by Gasteiger charge is -2.02. The van der Waals surface area contributed by atoms with E-state index < -0.39 is 17.6 Å². The van der Waals surface area contributed by atoms with Crippen molar-refractivity contribution in [2.75, 3.05) is 11.9 Å². The first kappa shape index (κ1) is 17.6. The molecule has 1 aromatic carbocycles. The monoisotopic (exact) mass is 373 g/mol. The van der Waals surface area contributed by atoms with Crippen LogP contribution in [-0.2, 0) is 16.1 Å². The number of carbonyl (C=O) groups is 2. The summed E-state index contributed by atoms with van der Waals surface area (Å²) in [7, 11) is 0. The predicted octanol–water partition coefficient (Wildman–Crippen LogP) is 2.34. The third-order valence-corrected chi connectivity index (χ3v) is 4.49. The molecule has 0 radical (unpaired) electrons. The predicted molar refractivity (Wildman–Crippen MR) is 96.4 cm³/mol. The van der Waals surface area contributed by atoms with Crippen molar-refractivity contribution < 1.29 is 18.7 Å². The van der Waals surface area contributed by atoms with E-state index in [4.69, 9.17) is 9.15 Å². The number of fused-ring (bicyclic) bond motifs is 1. The van der Waals surface area contributed by atoms with Gasteiger partial charge in [0.15, 0.2) is 10.7 Å². The average molecular weight is 373 g/mol. The summed E-state index contributed by atoms with van der Waals surface area (Å²) in [6.07, 6.45) is 1.46. The molecule has 0 bridgehead atoms. The summed E-state index contributed by atoms with van der Waals surface area (Å²) >= 11 is 1.00. The first-order valence-corrected chi connectivity index (χ1v) is 8.45. The molecule has 3 aromatic rings. The number of para-hydroxylation sites is 2. The zero-order valence-electron chi connectivity index (χ0n) is 13.9. The quantitative estimate of drug-likeness (QED) is 0.525. The number of carbonyl (C=O) groups excluding carboxylic acids is 2. The van der Waals surface area contributed by atoms with Crippen LogP contribution >= 0.6 is 11.3 Å². The van der Waals surface area contributed by atoms with E-state index in [1.807, 2.05) is 0 Å². The van der Waals surface area contributed by atoms with E-state index in [1.165, 1.54) is 10.6 Å². The molecule has 0 unspecified atom stereocenters. The summed E-state index contributed by atoms with van der Waals surface area (Å²) in [6, 6.07) is 6.82. The number of ether oxygens (including phenoxy) is 1. The van der Waals surface area contributed by atoms with Gasteiger partial charge in [0.1, 0.15) is 18.0 Å². The van der Waals surface area contributed by atoms with Crippen molar-refractivity contribution in [3.63, 3.8) is 0 Å². The first-order chi connectivity index (χ1) is 12.5. The Kier molecular flexibility index (Phi) is 4.99. The van der Waals surface area contributed by atoms with Gasteiger partial charge in [0.2, 0.25) is 5.91 Å². The fraction of sp³-hybridized carbons (Fsp3) is 0.176. The van der Waals surface area contributed by atoms with E-state index in [0.717, 1.165) is 11.3 Å². The van der Waals surface area contributed by atoms with Gasteiger partial charge in [0, 0.05) is 0 Å². The second-order valence-electron chi connectivity index (χ2n) is 5.29. The molecule has 1 N–H and O–H groups in total. The Morgan fingerprint density at radius 1 is 1.42 bits per heavy atom. The van der Waals surface area contributed by atoms with Crippen molar-refractivity contribution in [2.45, 2.75) is 13.5 Å². The third-order valence-electron chi connectivity index (χ3n) is 3.44. The molecule has 0 aliphatic rings. The fourth-order valence-corrected chi connectivity index (χ4v) is 3.18. The number of amides is 1. The number of nitrogens with one attached hydrogen (secondary N) is 1. The Labute approximate surface area is 151 Å². The number of nitrogens with zero attached hydrogens (tertiary/aromatic N) is 2. The number of rotatable bonds is 6. The van der Waals surface area contributed by atoms with Gasteiger partial charge in [-0.2, -0.15) is 0 Å². The standard InChI is InChI=1S/C17H15N3O5S/c1-3-8-24-15(22)14-10(2)18-16(26-14)19-13(21)9-20-11-6-4-5-7-12(11)25-17(20)23/h3-7H,1,8-9H2,2H3,(H,18,19,21). The zero-order valence-corrected chi connectivity index (χ0v) is 14.7. The first-order valence-electron chi connectivity index (χ1n) is 7.63. The molecule has 26 heavy (non-hydrogen) atoms. The van der Waals surface area contributed by atoms with Crippen molar-refractivity contribution in [1.82, 2.24) is 9.55 Å². The summed E-state index contributed by atoms with van der Waals surface area (Å²) in [6.45, 7) is 4.98. The van der Waals surface area contributed by atoms with E-state index in [2.05, 4.69) is 16.9 Å². The summed E-state index contributed by atoms with van der Waals surface area (Å²) in [5.41, 5.74) is 1.38. The van der Waals surface area contributed by atoms with E-state index in [9.17, 15) is 14.4 Å². The third kappa shape index (κ3) is 3.57. The number of oxazole rings is 1. The lowest BCUT2D eigenvalue weighted by Crippen LogP contribution is -2.24. The van der Waals surface area contributed by atoms with Crippen LogP contribution in [0, 0.1) is 6.92 Å². The van der Waals surface area contributed by atoms with Crippen LogP contribution in [-0.4, -0.2) is 28.0 Å². The molecular formula is C17H15N3O5S. The average Bonchev–Trinajstić information content (AvgIpc) is 3.12. The molecular weight excluding hydrogens is 358 g/mol. The van der Waals surface area contributed by atoms with Gasteiger partial charge in [-0.05, 0) is 19.1 Å². The molecule has 0 aliphatic heterocycles. The highest BCUT2D eigenvalue weighted by molar-refractivity contribution is 7.17. The maximum atomic E-state index is 12.3. The van der Waals surface area contributed by atoms with Crippen LogP contribution in [0.15, 0.2) is 46.1 Å². The molecule has 2 heterocycles. The number of aryl methyl sites for hydroxylation is 1. The van der Waals surface area contributed by atoms with Gasteiger partial charge in [-0.15, -0.1) is 0 Å². The molecule has 3 rings (SSSR count). The molecule has 0 fully saturated rings. The van der Waals surface area contributed by atoms with Crippen molar-refractivity contribution >= 4 is 39.4 Å². The van der Waals surface area contributed by atoms with Crippen LogP contribution in [0.2, 0.25) is 0 Å². The number of benzene rings is 1. The molecule has 8 nitrogen and oxygen atoms in total. The lowest BCUT2D eigenvalue weighted by molar-refractivity contribution is -0.116. The zero-order chi connectivity index (χ0) is 18.7. The van der Waals surface area contributed by atoms with E-state index in [-0.39, 0.29) is 18.3 Å². The summed E-state index contributed by atoms with van der Waals surface area (Å²) in [4.78, 5) is 40.5. The second-order valence-corrected chi connectivity index (χ2v) is 6.29. The summed E-state index contributed by atoms with van der Waals surface area (Å²) in [5.74, 6) is -1.61. The van der Waals surface area contributed by atoms with Crippen molar-refractivity contribution in [3.8, 4) is 0 Å². The summed E-state index contributed by atoms with van der Waals surface area (Å²) in [5, 5.41) is 2.83. The highest BCUT2D eigenvalue weighted by Crippen LogP contribution is 2.23. The maximum absolute atomic E-state index is 12.3. The minimum absolute atomic E-state index is 0.0916. The number of hydrogen-bond donors (Lipinski definition) is 1. The molecule has 0 aliphatic carbocycles. The highest BCUT2D eigenvalue weighted by atomic mass is 32.1. The van der Waals surface area contributed by atoms with Crippen LogP contribution in [0.5, 0.6) is 0 Å². The molecule has 0 saturated carbocycles. The number of aromatic nitrogens is 2. The van der Waals surface area contributed by atoms with Crippen LogP contribution in [0.3, 0.4) is 0 Å². The number of hydrogen-bond acceptors (Lipinski definition) is 7. The van der Waals surface area contributed by atoms with Crippen LogP contribution in [0.25, 0.3) is 11.1 Å². The topological polar surface area (TPSA) is 103 Å². The number of anilines is 1.